The molecule has 0 saturated carbocycles. The van der Waals surface area contributed by atoms with Crippen molar-refractivity contribution >= 4 is 60.9 Å². The highest BCUT2D eigenvalue weighted by atomic mass is 16.3. The third kappa shape index (κ3) is 5.68. The number of furan rings is 2. The fourth-order valence-corrected chi connectivity index (χ4v) is 8.34. The quantitative estimate of drug-likeness (QED) is 0.164. The molecular formula is C54H35NO2. The lowest BCUT2D eigenvalue weighted by Crippen LogP contribution is -2.09. The third-order valence-corrected chi connectivity index (χ3v) is 11.1. The minimum atomic E-state index is 0.851. The summed E-state index contributed by atoms with van der Waals surface area (Å²) in [5, 5.41) is 4.39. The lowest BCUT2D eigenvalue weighted by molar-refractivity contribution is 0.665. The third-order valence-electron chi connectivity index (χ3n) is 11.1. The smallest absolute Gasteiger partial charge is 0.144 e. The predicted octanol–water partition coefficient (Wildman–Crippen LogP) is 15.6. The molecule has 3 heteroatoms. The summed E-state index contributed by atoms with van der Waals surface area (Å²) >= 11 is 0. The van der Waals surface area contributed by atoms with Crippen molar-refractivity contribution in [1.29, 1.82) is 0 Å². The Kier molecular flexibility index (Phi) is 7.82. The molecule has 0 unspecified atom stereocenters. The number of anilines is 3. The molecule has 2 heterocycles. The minimum absolute atomic E-state index is 0.851. The Labute approximate surface area is 330 Å². The van der Waals surface area contributed by atoms with Crippen molar-refractivity contribution in [2.45, 2.75) is 0 Å². The van der Waals surface area contributed by atoms with Crippen LogP contribution in [0.4, 0.5) is 17.1 Å². The molecule has 268 valence electrons. The number of para-hydroxylation sites is 3. The molecule has 0 bridgehead atoms. The molecule has 9 aromatic carbocycles. The molecule has 0 aliphatic rings. The van der Waals surface area contributed by atoms with Gasteiger partial charge in [-0.1, -0.05) is 158 Å². The summed E-state index contributed by atoms with van der Waals surface area (Å²) in [4.78, 5) is 2.33. The van der Waals surface area contributed by atoms with Crippen molar-refractivity contribution < 1.29 is 8.83 Å². The molecule has 0 spiro atoms. The molecule has 0 aliphatic carbocycles. The van der Waals surface area contributed by atoms with E-state index in [1.54, 1.807) is 0 Å². The summed E-state index contributed by atoms with van der Waals surface area (Å²) in [7, 11) is 0. The van der Waals surface area contributed by atoms with Crippen LogP contribution in [0.3, 0.4) is 0 Å². The molecule has 11 aromatic rings. The van der Waals surface area contributed by atoms with Crippen molar-refractivity contribution in [3.05, 3.63) is 212 Å². The maximum absolute atomic E-state index is 6.73. The van der Waals surface area contributed by atoms with E-state index in [0.717, 1.165) is 83.2 Å². The monoisotopic (exact) mass is 729 g/mol. The van der Waals surface area contributed by atoms with Gasteiger partial charge in [0.1, 0.15) is 22.3 Å². The van der Waals surface area contributed by atoms with E-state index in [-0.39, 0.29) is 0 Å². The Balaban J connectivity index is 1.02. The van der Waals surface area contributed by atoms with E-state index in [0.29, 0.717) is 0 Å². The topological polar surface area (TPSA) is 29.5 Å². The fourth-order valence-electron chi connectivity index (χ4n) is 8.34. The maximum Gasteiger partial charge on any atom is 0.144 e. The highest BCUT2D eigenvalue weighted by Gasteiger charge is 2.21. The van der Waals surface area contributed by atoms with Gasteiger partial charge in [-0.25, -0.2) is 0 Å². The average Bonchev–Trinajstić information content (AvgIpc) is 3.87. The van der Waals surface area contributed by atoms with E-state index in [9.17, 15) is 0 Å². The van der Waals surface area contributed by atoms with Crippen molar-refractivity contribution in [1.82, 2.24) is 0 Å². The second kappa shape index (κ2) is 13.6. The molecule has 0 saturated heterocycles. The predicted molar refractivity (Wildman–Crippen MR) is 237 cm³/mol. The minimum Gasteiger partial charge on any atom is -0.455 e. The van der Waals surface area contributed by atoms with E-state index < -0.39 is 0 Å². The van der Waals surface area contributed by atoms with Crippen LogP contribution in [0.1, 0.15) is 0 Å². The van der Waals surface area contributed by atoms with Crippen molar-refractivity contribution in [2.24, 2.45) is 0 Å². The van der Waals surface area contributed by atoms with Crippen LogP contribution in [0.2, 0.25) is 0 Å². The number of fused-ring (bicyclic) bond motifs is 6. The number of nitrogens with zero attached hydrogens (tertiary/aromatic N) is 1. The number of rotatable bonds is 7. The van der Waals surface area contributed by atoms with Gasteiger partial charge in [0.2, 0.25) is 0 Å². The molecule has 0 fully saturated rings. The van der Waals surface area contributed by atoms with Gasteiger partial charge in [0.15, 0.2) is 0 Å². The zero-order valence-corrected chi connectivity index (χ0v) is 31.0. The summed E-state index contributed by atoms with van der Waals surface area (Å²) in [6.45, 7) is 0. The summed E-state index contributed by atoms with van der Waals surface area (Å²) in [6, 6.07) is 75.0. The second-order valence-corrected chi connectivity index (χ2v) is 14.5. The van der Waals surface area contributed by atoms with Crippen LogP contribution in [0.25, 0.3) is 88.4 Å². The highest BCUT2D eigenvalue weighted by molar-refractivity contribution is 6.18. The van der Waals surface area contributed by atoms with Gasteiger partial charge in [-0.3, -0.25) is 0 Å². The average molecular weight is 730 g/mol. The van der Waals surface area contributed by atoms with Crippen LogP contribution in [0.5, 0.6) is 0 Å². The molecular weight excluding hydrogens is 695 g/mol. The maximum atomic E-state index is 6.73. The number of benzene rings is 9. The van der Waals surface area contributed by atoms with E-state index >= 15 is 0 Å². The van der Waals surface area contributed by atoms with Gasteiger partial charge in [-0.05, 0) is 88.0 Å². The number of hydrogen-bond donors (Lipinski definition) is 0. The van der Waals surface area contributed by atoms with Crippen molar-refractivity contribution in [2.75, 3.05) is 4.90 Å². The summed E-state index contributed by atoms with van der Waals surface area (Å²) in [5.74, 6) is 0. The van der Waals surface area contributed by atoms with Crippen molar-refractivity contribution in [3.63, 3.8) is 0 Å². The normalized spacial score (nSPS) is 11.5. The molecule has 11 rings (SSSR count). The molecule has 0 radical (unpaired) electrons. The Morgan fingerprint density at radius 1 is 0.263 bits per heavy atom. The van der Waals surface area contributed by atoms with Gasteiger partial charge in [-0.2, -0.15) is 0 Å². The Bertz CT molecular complexity index is 3110. The second-order valence-electron chi connectivity index (χ2n) is 14.5. The van der Waals surface area contributed by atoms with Gasteiger partial charge in [-0.15, -0.1) is 0 Å². The van der Waals surface area contributed by atoms with Crippen LogP contribution in [0.15, 0.2) is 221 Å². The standard InChI is InChI=1S/C54H35NO2/c1-3-12-36(13-4-1)38-22-28-41(29-23-38)55(42-30-24-39(25-31-42)37-14-5-2-6-15-37)43-32-26-40(27-33-43)44-34-35-48(54-52(44)49-17-8-10-21-51(49)57-54)47-19-11-18-46-45-16-7-9-20-50(45)56-53(46)47/h1-35H. The van der Waals surface area contributed by atoms with Crippen LogP contribution in [-0.2, 0) is 0 Å². The SMILES string of the molecule is c1ccc(-c2ccc(N(c3ccc(-c4ccccc4)cc3)c3ccc(-c4ccc(-c5cccc6c5oc5ccccc56)c5oc6ccccc6c45)cc3)cc2)cc1. The van der Waals surface area contributed by atoms with E-state index in [2.05, 4.69) is 199 Å². The van der Waals surface area contributed by atoms with Gasteiger partial charge >= 0.3 is 0 Å². The van der Waals surface area contributed by atoms with Crippen LogP contribution in [-0.4, -0.2) is 0 Å². The molecule has 57 heavy (non-hydrogen) atoms. The zero-order valence-electron chi connectivity index (χ0n) is 31.0. The number of hydrogen-bond acceptors (Lipinski definition) is 3. The van der Waals surface area contributed by atoms with E-state index in [4.69, 9.17) is 8.83 Å². The van der Waals surface area contributed by atoms with Crippen LogP contribution >= 0.6 is 0 Å². The lowest BCUT2D eigenvalue weighted by atomic mass is 9.94. The van der Waals surface area contributed by atoms with E-state index in [1.807, 2.05) is 18.2 Å². The Hall–Kier alpha value is -7.62. The molecule has 0 aliphatic heterocycles. The molecule has 0 N–H and O–H groups in total. The molecule has 0 amide bonds. The summed E-state index contributed by atoms with van der Waals surface area (Å²) in [5.41, 5.74) is 15.7. The van der Waals surface area contributed by atoms with Gasteiger partial charge in [0, 0.05) is 49.7 Å². The molecule has 3 nitrogen and oxygen atoms in total. The first-order valence-corrected chi connectivity index (χ1v) is 19.3. The fraction of sp³-hybridized carbons (Fsp3) is 0. The first kappa shape index (κ1) is 32.8. The summed E-state index contributed by atoms with van der Waals surface area (Å²) in [6.07, 6.45) is 0. The zero-order chi connectivity index (χ0) is 37.7. The first-order chi connectivity index (χ1) is 28.3. The van der Waals surface area contributed by atoms with E-state index in [1.165, 1.54) is 22.3 Å². The van der Waals surface area contributed by atoms with Crippen LogP contribution < -0.4 is 4.90 Å². The van der Waals surface area contributed by atoms with Gasteiger partial charge < -0.3 is 13.7 Å². The highest BCUT2D eigenvalue weighted by Crippen LogP contribution is 2.45. The lowest BCUT2D eigenvalue weighted by Gasteiger charge is -2.26. The molecule has 0 atom stereocenters. The Morgan fingerprint density at radius 3 is 1.28 bits per heavy atom. The molecule has 2 aromatic heterocycles. The van der Waals surface area contributed by atoms with Gasteiger partial charge in [0.25, 0.3) is 0 Å². The largest absolute Gasteiger partial charge is 0.455 e. The van der Waals surface area contributed by atoms with Crippen molar-refractivity contribution in [3.8, 4) is 44.5 Å². The Morgan fingerprint density at radius 2 is 0.684 bits per heavy atom. The summed E-state index contributed by atoms with van der Waals surface area (Å²) < 4.78 is 13.2. The first-order valence-electron chi connectivity index (χ1n) is 19.3. The van der Waals surface area contributed by atoms with Crippen LogP contribution in [0, 0.1) is 0 Å². The van der Waals surface area contributed by atoms with Gasteiger partial charge in [0.05, 0.1) is 0 Å².